The summed E-state index contributed by atoms with van der Waals surface area (Å²) in [6, 6.07) is 4.77. The summed E-state index contributed by atoms with van der Waals surface area (Å²) in [4.78, 5) is 12.8. The van der Waals surface area contributed by atoms with Gasteiger partial charge in [0.05, 0.1) is 11.9 Å². The third-order valence-corrected chi connectivity index (χ3v) is 7.69. The van der Waals surface area contributed by atoms with E-state index in [-0.39, 0.29) is 5.91 Å². The average Bonchev–Trinajstić information content (AvgIpc) is 3.11. The molecule has 0 radical (unpaired) electrons. The number of benzene rings is 1. The normalized spacial score (nSPS) is 16.3. The van der Waals surface area contributed by atoms with E-state index in [9.17, 15) is 13.2 Å². The molecule has 0 heterocycles. The van der Waals surface area contributed by atoms with Gasteiger partial charge < -0.3 is 5.32 Å². The number of nitrogens with one attached hydrogen (secondary N) is 1. The van der Waals surface area contributed by atoms with Gasteiger partial charge in [-0.2, -0.15) is 11.8 Å². The number of rotatable bonds is 9. The number of thioether (sulfide) groups is 1. The molecule has 2 rings (SSSR count). The van der Waals surface area contributed by atoms with Gasteiger partial charge in [0.1, 0.15) is 6.04 Å². The molecule has 0 aliphatic heterocycles. The van der Waals surface area contributed by atoms with Crippen LogP contribution in [0.5, 0.6) is 0 Å². The summed E-state index contributed by atoms with van der Waals surface area (Å²) >= 11 is 1.91. The van der Waals surface area contributed by atoms with Crippen molar-refractivity contribution in [3.05, 3.63) is 29.3 Å². The van der Waals surface area contributed by atoms with Crippen LogP contribution in [0, 0.1) is 13.8 Å². The van der Waals surface area contributed by atoms with Crippen molar-refractivity contribution in [1.29, 1.82) is 0 Å². The van der Waals surface area contributed by atoms with Gasteiger partial charge in [0.15, 0.2) is 0 Å². The fourth-order valence-corrected chi connectivity index (χ4v) is 5.92. The zero-order chi connectivity index (χ0) is 20.0. The first-order valence-electron chi connectivity index (χ1n) is 9.70. The van der Waals surface area contributed by atoms with Crippen LogP contribution in [-0.2, 0) is 14.8 Å². The molecule has 1 aliphatic carbocycles. The maximum absolute atomic E-state index is 12.8. The molecule has 1 aromatic rings. The topological polar surface area (TPSA) is 66.5 Å². The number of sulfonamides is 1. The third-order valence-electron chi connectivity index (χ3n) is 5.13. The van der Waals surface area contributed by atoms with E-state index in [0.717, 1.165) is 23.1 Å². The number of nitrogens with zero attached hydrogens (tertiary/aromatic N) is 1. The summed E-state index contributed by atoms with van der Waals surface area (Å²) < 4.78 is 26.2. The summed E-state index contributed by atoms with van der Waals surface area (Å²) in [5.41, 5.74) is 2.64. The van der Waals surface area contributed by atoms with Crippen LogP contribution in [0.2, 0.25) is 0 Å². The van der Waals surface area contributed by atoms with Gasteiger partial charge in [-0.1, -0.05) is 25.8 Å². The molecule has 0 bridgehead atoms. The Hall–Kier alpha value is -1.21. The van der Waals surface area contributed by atoms with Gasteiger partial charge >= 0.3 is 0 Å². The van der Waals surface area contributed by atoms with Crippen molar-refractivity contribution in [2.45, 2.75) is 64.2 Å². The summed E-state index contributed by atoms with van der Waals surface area (Å²) in [6.07, 6.45) is 6.73. The van der Waals surface area contributed by atoms with Crippen LogP contribution in [-0.4, -0.2) is 44.2 Å². The Morgan fingerprint density at radius 3 is 2.48 bits per heavy atom. The molecule has 1 atom stereocenters. The predicted molar refractivity (Wildman–Crippen MR) is 115 cm³/mol. The van der Waals surface area contributed by atoms with Crippen LogP contribution in [0.25, 0.3) is 0 Å². The molecule has 5 nitrogen and oxygen atoms in total. The number of anilines is 1. The highest BCUT2D eigenvalue weighted by Gasteiger charge is 2.31. The summed E-state index contributed by atoms with van der Waals surface area (Å²) in [6.45, 7) is 6.34. The van der Waals surface area contributed by atoms with E-state index in [1.165, 1.54) is 30.0 Å². The van der Waals surface area contributed by atoms with E-state index in [4.69, 9.17) is 0 Å². The Morgan fingerprint density at radius 2 is 1.93 bits per heavy atom. The summed E-state index contributed by atoms with van der Waals surface area (Å²) in [5.74, 6) is 0.642. The maximum atomic E-state index is 12.8. The SMILES string of the molecule is CC[C@@H](C(=O)NCCSC1CCCC1)N(c1ccc(C)c(C)c1)S(C)(=O)=O. The molecule has 1 N–H and O–H groups in total. The smallest absolute Gasteiger partial charge is 0.243 e. The lowest BCUT2D eigenvalue weighted by atomic mass is 10.1. The Kier molecular flexibility index (Phi) is 8.04. The number of carbonyl (C=O) groups excluding carboxylic acids is 1. The van der Waals surface area contributed by atoms with Gasteiger partial charge in [0.2, 0.25) is 15.9 Å². The Morgan fingerprint density at radius 1 is 1.26 bits per heavy atom. The number of aryl methyl sites for hydroxylation is 2. The monoisotopic (exact) mass is 412 g/mol. The van der Waals surface area contributed by atoms with Crippen LogP contribution < -0.4 is 9.62 Å². The fourth-order valence-electron chi connectivity index (χ4n) is 3.50. The van der Waals surface area contributed by atoms with Crippen LogP contribution in [0.4, 0.5) is 5.69 Å². The minimum Gasteiger partial charge on any atom is -0.353 e. The highest BCUT2D eigenvalue weighted by Crippen LogP contribution is 2.29. The van der Waals surface area contributed by atoms with Gasteiger partial charge in [-0.25, -0.2) is 8.42 Å². The first-order chi connectivity index (χ1) is 12.7. The van der Waals surface area contributed by atoms with E-state index in [0.29, 0.717) is 23.9 Å². The Bertz CT molecular complexity index is 744. The number of hydrogen-bond donors (Lipinski definition) is 1. The molecule has 0 unspecified atom stereocenters. The van der Waals surface area contributed by atoms with E-state index >= 15 is 0 Å². The molecule has 1 fully saturated rings. The lowest BCUT2D eigenvalue weighted by Crippen LogP contribution is -2.49. The number of amides is 1. The van der Waals surface area contributed by atoms with Crippen molar-refractivity contribution in [3.8, 4) is 0 Å². The molecule has 1 saturated carbocycles. The van der Waals surface area contributed by atoms with Gasteiger partial charge in [-0.15, -0.1) is 0 Å². The second-order valence-electron chi connectivity index (χ2n) is 7.32. The summed E-state index contributed by atoms with van der Waals surface area (Å²) in [5, 5.41) is 3.65. The predicted octanol–water partition coefficient (Wildman–Crippen LogP) is 3.64. The van der Waals surface area contributed by atoms with Crippen LogP contribution >= 0.6 is 11.8 Å². The minimum absolute atomic E-state index is 0.229. The number of carbonyl (C=O) groups is 1. The van der Waals surface area contributed by atoms with Crippen LogP contribution in [0.1, 0.15) is 50.2 Å². The van der Waals surface area contributed by atoms with E-state index in [1.807, 2.05) is 44.7 Å². The fraction of sp³-hybridized carbons (Fsp3) is 0.650. The van der Waals surface area contributed by atoms with Gasteiger partial charge in [-0.05, 0) is 56.4 Å². The lowest BCUT2D eigenvalue weighted by Gasteiger charge is -2.30. The second kappa shape index (κ2) is 9.82. The maximum Gasteiger partial charge on any atom is 0.243 e. The van der Waals surface area contributed by atoms with E-state index in [2.05, 4.69) is 5.32 Å². The van der Waals surface area contributed by atoms with Gasteiger partial charge in [-0.3, -0.25) is 9.10 Å². The van der Waals surface area contributed by atoms with Crippen LogP contribution in [0.15, 0.2) is 18.2 Å². The van der Waals surface area contributed by atoms with E-state index in [1.54, 1.807) is 6.07 Å². The molecule has 1 aromatic carbocycles. The van der Waals surface area contributed by atoms with E-state index < -0.39 is 16.1 Å². The lowest BCUT2D eigenvalue weighted by molar-refractivity contribution is -0.122. The quantitative estimate of drug-likeness (QED) is 0.629. The first-order valence-corrected chi connectivity index (χ1v) is 12.6. The molecule has 0 spiro atoms. The molecule has 0 aromatic heterocycles. The third kappa shape index (κ3) is 6.14. The Labute approximate surface area is 168 Å². The standard InChI is InChI=1S/C20H32N2O3S2/c1-5-19(20(23)21-12-13-26-18-8-6-7-9-18)22(27(4,24)25)17-11-10-15(2)16(3)14-17/h10-11,14,18-19H,5-9,12-13H2,1-4H3,(H,21,23)/t19-/m0/s1. The minimum atomic E-state index is -3.58. The zero-order valence-electron chi connectivity index (χ0n) is 16.8. The molecule has 152 valence electrons. The van der Waals surface area contributed by atoms with Gasteiger partial charge in [0, 0.05) is 17.5 Å². The van der Waals surface area contributed by atoms with Crippen molar-refractivity contribution in [2.24, 2.45) is 0 Å². The van der Waals surface area contributed by atoms with Crippen LogP contribution in [0.3, 0.4) is 0 Å². The molecule has 1 amide bonds. The highest BCUT2D eigenvalue weighted by atomic mass is 32.2. The van der Waals surface area contributed by atoms with Crippen molar-refractivity contribution >= 4 is 33.4 Å². The average molecular weight is 413 g/mol. The Balaban J connectivity index is 2.07. The molecule has 1 aliphatic rings. The summed E-state index contributed by atoms with van der Waals surface area (Å²) in [7, 11) is -3.58. The highest BCUT2D eigenvalue weighted by molar-refractivity contribution is 7.99. The molecule has 0 saturated heterocycles. The van der Waals surface area contributed by atoms with Crippen molar-refractivity contribution in [1.82, 2.24) is 5.32 Å². The first kappa shape index (κ1) is 22.1. The van der Waals surface area contributed by atoms with Crippen molar-refractivity contribution in [3.63, 3.8) is 0 Å². The van der Waals surface area contributed by atoms with Crippen molar-refractivity contribution in [2.75, 3.05) is 22.9 Å². The molecule has 27 heavy (non-hydrogen) atoms. The van der Waals surface area contributed by atoms with Gasteiger partial charge in [0.25, 0.3) is 0 Å². The molecular formula is C20H32N2O3S2. The molecule has 7 heteroatoms. The second-order valence-corrected chi connectivity index (χ2v) is 10.6. The van der Waals surface area contributed by atoms with Crippen molar-refractivity contribution < 1.29 is 13.2 Å². The largest absolute Gasteiger partial charge is 0.353 e. The number of hydrogen-bond acceptors (Lipinski definition) is 4. The zero-order valence-corrected chi connectivity index (χ0v) is 18.5. The molecular weight excluding hydrogens is 380 g/mol.